The van der Waals surface area contributed by atoms with Gasteiger partial charge in [-0.3, -0.25) is 10.4 Å². The lowest BCUT2D eigenvalue weighted by molar-refractivity contribution is 0.289. The van der Waals surface area contributed by atoms with Crippen LogP contribution in [0.25, 0.3) is 0 Å². The normalized spacial score (nSPS) is 8.92. The van der Waals surface area contributed by atoms with Crippen LogP contribution in [0.5, 0.6) is 0 Å². The second-order valence-electron chi connectivity index (χ2n) is 2.61. The summed E-state index contributed by atoms with van der Waals surface area (Å²) in [6, 6.07) is 2.63. The summed E-state index contributed by atoms with van der Waals surface area (Å²) in [4.78, 5) is 7.84. The third-order valence-corrected chi connectivity index (χ3v) is 1.17. The second kappa shape index (κ2) is 11.6. The van der Waals surface area contributed by atoms with Gasteiger partial charge < -0.3 is 0 Å². The third kappa shape index (κ3) is 14.4. The summed E-state index contributed by atoms with van der Waals surface area (Å²) < 4.78 is 0. The first-order valence-corrected chi connectivity index (χ1v) is 4.26. The minimum atomic E-state index is 0. The smallest absolute Gasteiger partial charge is 0.0892 e. The fourth-order valence-electron chi connectivity index (χ4n) is 0.631. The van der Waals surface area contributed by atoms with E-state index in [0.717, 1.165) is 26.1 Å². The molecule has 0 aliphatic rings. The van der Waals surface area contributed by atoms with Crippen LogP contribution in [-0.2, 0) is 0 Å². The van der Waals surface area contributed by atoms with Crippen LogP contribution in [0.15, 0.2) is 9.98 Å². The van der Waals surface area contributed by atoms with Gasteiger partial charge in [0, 0.05) is 27.2 Å². The Morgan fingerprint density at radius 1 is 1.31 bits per heavy atom. The molecule has 0 aromatic rings. The highest BCUT2D eigenvalue weighted by Crippen LogP contribution is 1.77. The van der Waals surface area contributed by atoms with Gasteiger partial charge in [-0.25, -0.2) is 9.98 Å². The topological polar surface area (TPSA) is 40.0 Å². The number of nitrogens with zero attached hydrogens (tertiary/aromatic N) is 3. The fraction of sp³-hybridized carbons (Fsp3) is 0.875. The summed E-state index contributed by atoms with van der Waals surface area (Å²) in [5, 5.41) is 1.93. The van der Waals surface area contributed by atoms with Gasteiger partial charge in [0.25, 0.3) is 0 Å². The van der Waals surface area contributed by atoms with E-state index in [1.165, 1.54) is 0 Å². The summed E-state index contributed by atoms with van der Waals surface area (Å²) in [5.74, 6) is 0. The van der Waals surface area contributed by atoms with E-state index in [1.807, 2.05) is 26.0 Å². The van der Waals surface area contributed by atoms with Crippen molar-refractivity contribution in [2.45, 2.75) is 13.3 Å². The Morgan fingerprint density at radius 3 is 2.54 bits per heavy atom. The van der Waals surface area contributed by atoms with Gasteiger partial charge in [0.1, 0.15) is 0 Å². The van der Waals surface area contributed by atoms with Crippen LogP contribution in [0.3, 0.4) is 0 Å². The zero-order valence-electron chi connectivity index (χ0n) is 8.58. The summed E-state index contributed by atoms with van der Waals surface area (Å²) in [6.45, 7) is 4.48. The molecule has 5 heteroatoms. The molecule has 0 saturated carbocycles. The molecular formula is C8H19ClN4. The van der Waals surface area contributed by atoms with Crippen molar-refractivity contribution in [2.75, 3.05) is 33.7 Å². The number of nitrogens with one attached hydrogen (secondary N) is 1. The van der Waals surface area contributed by atoms with Crippen LogP contribution < -0.4 is 5.43 Å². The first-order valence-electron chi connectivity index (χ1n) is 4.26. The monoisotopic (exact) mass is 206 g/mol. The average Bonchev–Trinajstić information content (AvgIpc) is 2.02. The molecule has 0 atom stereocenters. The number of aliphatic imine (C=N–C) groups is 2. The van der Waals surface area contributed by atoms with Crippen LogP contribution in [0.1, 0.15) is 13.3 Å². The fourth-order valence-corrected chi connectivity index (χ4v) is 0.631. The van der Waals surface area contributed by atoms with Gasteiger partial charge in [0.05, 0.1) is 12.6 Å². The standard InChI is InChI=1S/C8H18N4.ClH/c1-4-9-8-10-6-5-7-11-12(2)3;/h11H,4-7H2,1-3H3;1H. The Morgan fingerprint density at radius 2 is 2.00 bits per heavy atom. The lowest BCUT2D eigenvalue weighted by Crippen LogP contribution is -2.31. The predicted octanol–water partition coefficient (Wildman–Crippen LogP) is 1.06. The Kier molecular flexibility index (Phi) is 13.4. The van der Waals surface area contributed by atoms with Crippen molar-refractivity contribution < 1.29 is 0 Å². The number of halogens is 1. The number of hydrazine groups is 1. The molecule has 0 aliphatic carbocycles. The molecule has 0 bridgehead atoms. The predicted molar refractivity (Wildman–Crippen MR) is 58.8 cm³/mol. The molecule has 0 fully saturated rings. The molecule has 0 radical (unpaired) electrons. The van der Waals surface area contributed by atoms with Gasteiger partial charge in [0.15, 0.2) is 0 Å². The van der Waals surface area contributed by atoms with E-state index in [0.29, 0.717) is 0 Å². The van der Waals surface area contributed by atoms with Crippen molar-refractivity contribution in [1.82, 2.24) is 10.4 Å². The van der Waals surface area contributed by atoms with E-state index in [9.17, 15) is 0 Å². The summed E-state index contributed by atoms with van der Waals surface area (Å²) in [6.07, 6.45) is 1.02. The van der Waals surface area contributed by atoms with Crippen molar-refractivity contribution in [1.29, 1.82) is 0 Å². The average molecular weight is 207 g/mol. The van der Waals surface area contributed by atoms with E-state index < -0.39 is 0 Å². The van der Waals surface area contributed by atoms with E-state index in [-0.39, 0.29) is 12.4 Å². The second-order valence-corrected chi connectivity index (χ2v) is 2.61. The maximum atomic E-state index is 3.98. The minimum Gasteiger partial charge on any atom is -0.256 e. The summed E-state index contributed by atoms with van der Waals surface area (Å²) in [7, 11) is 3.95. The molecule has 0 unspecified atom stereocenters. The Balaban J connectivity index is 0. The van der Waals surface area contributed by atoms with Crippen molar-refractivity contribution in [3.8, 4) is 0 Å². The Hall–Kier alpha value is -0.410. The highest BCUT2D eigenvalue weighted by Gasteiger charge is 1.86. The lowest BCUT2D eigenvalue weighted by atomic mass is 10.4. The molecule has 0 saturated heterocycles. The summed E-state index contributed by atoms with van der Waals surface area (Å²) >= 11 is 0. The van der Waals surface area contributed by atoms with Crippen molar-refractivity contribution >= 4 is 18.4 Å². The quantitative estimate of drug-likeness (QED) is 0.401. The number of hydrogen-bond donors (Lipinski definition) is 1. The number of rotatable bonds is 6. The molecule has 0 aromatic heterocycles. The zero-order valence-corrected chi connectivity index (χ0v) is 9.39. The molecule has 0 heterocycles. The van der Waals surface area contributed by atoms with E-state index >= 15 is 0 Å². The van der Waals surface area contributed by atoms with Crippen LogP contribution in [0.4, 0.5) is 0 Å². The molecule has 0 spiro atoms. The van der Waals surface area contributed by atoms with Crippen LogP contribution >= 0.6 is 12.4 Å². The van der Waals surface area contributed by atoms with Gasteiger partial charge in [-0.05, 0) is 13.3 Å². The van der Waals surface area contributed by atoms with Crippen molar-refractivity contribution in [3.63, 3.8) is 0 Å². The first kappa shape index (κ1) is 15.1. The largest absolute Gasteiger partial charge is 0.256 e. The lowest BCUT2D eigenvalue weighted by Gasteiger charge is -2.09. The van der Waals surface area contributed by atoms with E-state index in [1.54, 1.807) is 0 Å². The molecule has 0 aromatic carbocycles. The molecule has 4 nitrogen and oxygen atoms in total. The van der Waals surface area contributed by atoms with Gasteiger partial charge in [-0.1, -0.05) is 0 Å². The molecule has 78 valence electrons. The van der Waals surface area contributed by atoms with Crippen LogP contribution in [0, 0.1) is 0 Å². The SMILES string of the molecule is CCN=C=NCCCNN(C)C.Cl. The molecule has 0 rings (SSSR count). The molecule has 1 N–H and O–H groups in total. The van der Waals surface area contributed by atoms with Gasteiger partial charge in [0.2, 0.25) is 0 Å². The zero-order chi connectivity index (χ0) is 9.23. The maximum absolute atomic E-state index is 3.98. The minimum absolute atomic E-state index is 0. The highest BCUT2D eigenvalue weighted by atomic mass is 35.5. The Labute approximate surface area is 86.5 Å². The van der Waals surface area contributed by atoms with Crippen LogP contribution in [0.2, 0.25) is 0 Å². The molecular weight excluding hydrogens is 188 g/mol. The molecule has 0 amide bonds. The van der Waals surface area contributed by atoms with E-state index in [4.69, 9.17) is 0 Å². The first-order chi connectivity index (χ1) is 5.77. The highest BCUT2D eigenvalue weighted by molar-refractivity contribution is 5.85. The van der Waals surface area contributed by atoms with E-state index in [2.05, 4.69) is 21.4 Å². The number of hydrogen-bond acceptors (Lipinski definition) is 4. The maximum Gasteiger partial charge on any atom is 0.0892 e. The van der Waals surface area contributed by atoms with Crippen LogP contribution in [-0.4, -0.2) is 44.7 Å². The summed E-state index contributed by atoms with van der Waals surface area (Å²) in [5.41, 5.74) is 3.15. The third-order valence-electron chi connectivity index (χ3n) is 1.17. The molecule has 0 aliphatic heterocycles. The van der Waals surface area contributed by atoms with Gasteiger partial charge in [-0.2, -0.15) is 0 Å². The Bertz CT molecular complexity index is 152. The van der Waals surface area contributed by atoms with Gasteiger partial charge in [-0.15, -0.1) is 12.4 Å². The van der Waals surface area contributed by atoms with Crippen molar-refractivity contribution in [2.24, 2.45) is 9.98 Å². The van der Waals surface area contributed by atoms with Gasteiger partial charge >= 0.3 is 0 Å². The van der Waals surface area contributed by atoms with Crippen molar-refractivity contribution in [3.05, 3.63) is 0 Å². The molecule has 13 heavy (non-hydrogen) atoms.